The highest BCUT2D eigenvalue weighted by molar-refractivity contribution is 5.96. The first kappa shape index (κ1) is 21.7. The fraction of sp³-hybridized carbons (Fsp3) is 0.360. The van der Waals surface area contributed by atoms with E-state index < -0.39 is 0 Å². The lowest BCUT2D eigenvalue weighted by molar-refractivity contribution is 0.0701. The number of benzene rings is 1. The molecule has 0 saturated carbocycles. The van der Waals surface area contributed by atoms with Crippen molar-refractivity contribution in [2.75, 3.05) is 27.3 Å². The summed E-state index contributed by atoms with van der Waals surface area (Å²) in [6, 6.07) is 13.7. The SMILES string of the molecule is COc1ccc(C(=O)N2CCC[C@H](c3nc(C)ncc3Cc3ccccc3)C2)c(OC)n1. The molecule has 3 heterocycles. The van der Waals surface area contributed by atoms with Crippen molar-refractivity contribution < 1.29 is 14.3 Å². The van der Waals surface area contributed by atoms with E-state index in [0.717, 1.165) is 36.3 Å². The number of aryl methyl sites for hydroxylation is 1. The molecule has 0 radical (unpaired) electrons. The maximum absolute atomic E-state index is 13.3. The van der Waals surface area contributed by atoms with Crippen LogP contribution in [0.5, 0.6) is 11.8 Å². The molecule has 1 aliphatic heterocycles. The van der Waals surface area contributed by atoms with Crippen LogP contribution in [-0.2, 0) is 6.42 Å². The van der Waals surface area contributed by atoms with Crippen molar-refractivity contribution in [1.82, 2.24) is 19.9 Å². The first-order valence-electron chi connectivity index (χ1n) is 10.8. The van der Waals surface area contributed by atoms with Crippen molar-refractivity contribution in [3.05, 3.63) is 76.9 Å². The smallest absolute Gasteiger partial charge is 0.259 e. The first-order chi connectivity index (χ1) is 15.6. The molecular weight excluding hydrogens is 404 g/mol. The van der Waals surface area contributed by atoms with Crippen molar-refractivity contribution in [2.24, 2.45) is 0 Å². The van der Waals surface area contributed by atoms with Crippen LogP contribution >= 0.6 is 0 Å². The second-order valence-electron chi connectivity index (χ2n) is 7.99. The van der Waals surface area contributed by atoms with Crippen LogP contribution < -0.4 is 9.47 Å². The minimum absolute atomic E-state index is 0.0860. The number of hydrogen-bond acceptors (Lipinski definition) is 6. The van der Waals surface area contributed by atoms with Crippen LogP contribution in [0.4, 0.5) is 0 Å². The summed E-state index contributed by atoms with van der Waals surface area (Å²) in [7, 11) is 3.05. The number of ether oxygens (including phenoxy) is 2. The van der Waals surface area contributed by atoms with Gasteiger partial charge in [-0.2, -0.15) is 4.98 Å². The maximum Gasteiger partial charge on any atom is 0.259 e. The number of carbonyl (C=O) groups is 1. The fourth-order valence-corrected chi connectivity index (χ4v) is 4.23. The number of rotatable bonds is 6. The number of methoxy groups -OCH3 is 2. The van der Waals surface area contributed by atoms with Crippen LogP contribution in [0.2, 0.25) is 0 Å². The maximum atomic E-state index is 13.3. The van der Waals surface area contributed by atoms with E-state index in [1.165, 1.54) is 19.8 Å². The molecule has 1 amide bonds. The number of piperidine rings is 1. The zero-order chi connectivity index (χ0) is 22.5. The summed E-state index contributed by atoms with van der Waals surface area (Å²) in [5.41, 5.74) is 3.82. The van der Waals surface area contributed by atoms with E-state index >= 15 is 0 Å². The monoisotopic (exact) mass is 432 g/mol. The van der Waals surface area contributed by atoms with Crippen molar-refractivity contribution in [1.29, 1.82) is 0 Å². The summed E-state index contributed by atoms with van der Waals surface area (Å²) in [5.74, 6) is 1.51. The summed E-state index contributed by atoms with van der Waals surface area (Å²) < 4.78 is 10.5. The van der Waals surface area contributed by atoms with Crippen molar-refractivity contribution in [3.63, 3.8) is 0 Å². The molecule has 166 valence electrons. The van der Waals surface area contributed by atoms with E-state index in [9.17, 15) is 4.79 Å². The van der Waals surface area contributed by atoms with Gasteiger partial charge in [0.1, 0.15) is 11.4 Å². The number of pyridine rings is 1. The van der Waals surface area contributed by atoms with Crippen LogP contribution in [-0.4, -0.2) is 53.1 Å². The van der Waals surface area contributed by atoms with Gasteiger partial charge < -0.3 is 14.4 Å². The molecule has 1 atom stereocenters. The molecule has 0 N–H and O–H groups in total. The standard InChI is InChI=1S/C25H28N4O3/c1-17-26-15-20(14-18-8-5-4-6-9-18)23(27-17)19-10-7-13-29(16-19)25(30)21-11-12-22(31-2)28-24(21)32-3/h4-6,8-9,11-12,15,19H,7,10,13-14,16H2,1-3H3/t19-/m0/s1. The molecular formula is C25H28N4O3. The van der Waals surface area contributed by atoms with E-state index in [1.807, 2.05) is 36.2 Å². The largest absolute Gasteiger partial charge is 0.481 e. The predicted molar refractivity (Wildman–Crippen MR) is 121 cm³/mol. The molecule has 1 aliphatic rings. The van der Waals surface area contributed by atoms with Gasteiger partial charge in [0.2, 0.25) is 11.8 Å². The summed E-state index contributed by atoms with van der Waals surface area (Å²) in [5, 5.41) is 0. The lowest BCUT2D eigenvalue weighted by Crippen LogP contribution is -2.39. The topological polar surface area (TPSA) is 77.4 Å². The van der Waals surface area contributed by atoms with Crippen molar-refractivity contribution >= 4 is 5.91 Å². The highest BCUT2D eigenvalue weighted by Crippen LogP contribution is 2.31. The molecule has 3 aromatic rings. The Morgan fingerprint density at radius 1 is 1.09 bits per heavy atom. The molecule has 1 aromatic carbocycles. The van der Waals surface area contributed by atoms with Crippen LogP contribution in [0, 0.1) is 6.92 Å². The number of carbonyl (C=O) groups excluding carboxylic acids is 1. The summed E-state index contributed by atoms with van der Waals surface area (Å²) >= 11 is 0. The third-order valence-corrected chi connectivity index (χ3v) is 5.82. The van der Waals surface area contributed by atoms with Gasteiger partial charge in [-0.15, -0.1) is 0 Å². The van der Waals surface area contributed by atoms with Crippen molar-refractivity contribution in [3.8, 4) is 11.8 Å². The van der Waals surface area contributed by atoms with Crippen LogP contribution in [0.1, 0.15) is 51.8 Å². The van der Waals surface area contributed by atoms with E-state index in [1.54, 1.807) is 12.1 Å². The van der Waals surface area contributed by atoms with Gasteiger partial charge in [-0.05, 0) is 37.0 Å². The summed E-state index contributed by atoms with van der Waals surface area (Å²) in [4.78, 5) is 28.7. The molecule has 0 aliphatic carbocycles. The Balaban J connectivity index is 1.58. The lowest BCUT2D eigenvalue weighted by Gasteiger charge is -2.33. The number of amides is 1. The van der Waals surface area contributed by atoms with Crippen molar-refractivity contribution in [2.45, 2.75) is 32.1 Å². The van der Waals surface area contributed by atoms with Gasteiger partial charge in [0.25, 0.3) is 5.91 Å². The van der Waals surface area contributed by atoms with Gasteiger partial charge in [-0.25, -0.2) is 9.97 Å². The number of nitrogens with zero attached hydrogens (tertiary/aromatic N) is 4. The third-order valence-electron chi connectivity index (χ3n) is 5.82. The Morgan fingerprint density at radius 2 is 1.91 bits per heavy atom. The summed E-state index contributed by atoms with van der Waals surface area (Å²) in [6.07, 6.45) is 4.61. The number of aromatic nitrogens is 3. The summed E-state index contributed by atoms with van der Waals surface area (Å²) in [6.45, 7) is 3.21. The zero-order valence-electron chi connectivity index (χ0n) is 18.7. The lowest BCUT2D eigenvalue weighted by atomic mass is 9.90. The molecule has 32 heavy (non-hydrogen) atoms. The first-order valence-corrected chi connectivity index (χ1v) is 10.8. The second-order valence-corrected chi connectivity index (χ2v) is 7.99. The molecule has 2 aromatic heterocycles. The number of hydrogen-bond donors (Lipinski definition) is 0. The molecule has 1 fully saturated rings. The van der Waals surface area contributed by atoms with E-state index in [4.69, 9.17) is 14.5 Å². The van der Waals surface area contributed by atoms with Gasteiger partial charge in [0.15, 0.2) is 0 Å². The van der Waals surface area contributed by atoms with Gasteiger partial charge in [-0.1, -0.05) is 30.3 Å². The highest BCUT2D eigenvalue weighted by atomic mass is 16.5. The number of likely N-dealkylation sites (tertiary alicyclic amines) is 1. The Labute approximate surface area is 188 Å². The van der Waals surface area contributed by atoms with E-state index in [0.29, 0.717) is 24.5 Å². The fourth-order valence-electron chi connectivity index (χ4n) is 4.23. The predicted octanol–water partition coefficient (Wildman–Crippen LogP) is 3.81. The minimum atomic E-state index is -0.0860. The van der Waals surface area contributed by atoms with Crippen LogP contribution in [0.15, 0.2) is 48.7 Å². The molecule has 7 nitrogen and oxygen atoms in total. The van der Waals surface area contributed by atoms with Gasteiger partial charge >= 0.3 is 0 Å². The minimum Gasteiger partial charge on any atom is -0.481 e. The zero-order valence-corrected chi connectivity index (χ0v) is 18.7. The Bertz CT molecular complexity index is 1090. The molecule has 0 bridgehead atoms. The quantitative estimate of drug-likeness (QED) is 0.590. The molecule has 7 heteroatoms. The Kier molecular flexibility index (Phi) is 6.63. The Hall–Kier alpha value is -3.48. The third kappa shape index (κ3) is 4.72. The molecule has 1 saturated heterocycles. The van der Waals surface area contributed by atoms with Gasteiger partial charge in [0, 0.05) is 37.7 Å². The molecule has 4 rings (SSSR count). The van der Waals surface area contributed by atoms with E-state index in [-0.39, 0.29) is 17.7 Å². The van der Waals surface area contributed by atoms with Crippen LogP contribution in [0.25, 0.3) is 0 Å². The average Bonchev–Trinajstić information content (AvgIpc) is 2.85. The van der Waals surface area contributed by atoms with E-state index in [2.05, 4.69) is 22.1 Å². The second kappa shape index (κ2) is 9.77. The van der Waals surface area contributed by atoms with Gasteiger partial charge in [0.05, 0.1) is 19.9 Å². The highest BCUT2D eigenvalue weighted by Gasteiger charge is 2.30. The normalized spacial score (nSPS) is 16.0. The molecule has 0 spiro atoms. The average molecular weight is 433 g/mol. The van der Waals surface area contributed by atoms with Crippen LogP contribution in [0.3, 0.4) is 0 Å². The Morgan fingerprint density at radius 3 is 2.66 bits per heavy atom. The molecule has 0 unspecified atom stereocenters. The van der Waals surface area contributed by atoms with Gasteiger partial charge in [-0.3, -0.25) is 4.79 Å².